The highest BCUT2D eigenvalue weighted by molar-refractivity contribution is 7.92. The molecule has 3 rings (SSSR count). The van der Waals surface area contributed by atoms with E-state index in [1.165, 1.54) is 30.3 Å². The van der Waals surface area contributed by atoms with E-state index in [4.69, 9.17) is 8.83 Å². The first-order chi connectivity index (χ1) is 10.8. The number of aryl methyl sites for hydroxylation is 2. The maximum absolute atomic E-state index is 13.7. The van der Waals surface area contributed by atoms with Crippen molar-refractivity contribution in [2.24, 2.45) is 0 Å². The molecule has 7 nitrogen and oxygen atoms in total. The molecule has 0 saturated heterocycles. The van der Waals surface area contributed by atoms with E-state index in [0.29, 0.717) is 11.5 Å². The number of furan rings is 1. The minimum absolute atomic E-state index is 0.0608. The molecule has 0 amide bonds. The van der Waals surface area contributed by atoms with E-state index >= 15 is 0 Å². The van der Waals surface area contributed by atoms with Gasteiger partial charge in [-0.3, -0.25) is 4.72 Å². The number of halogens is 1. The van der Waals surface area contributed by atoms with Gasteiger partial charge in [0.1, 0.15) is 5.82 Å². The summed E-state index contributed by atoms with van der Waals surface area (Å²) in [5.74, 6) is -0.194. The second-order valence-corrected chi connectivity index (χ2v) is 6.45. The van der Waals surface area contributed by atoms with E-state index in [1.54, 1.807) is 13.8 Å². The van der Waals surface area contributed by atoms with Crippen LogP contribution in [-0.2, 0) is 10.0 Å². The first kappa shape index (κ1) is 15.2. The predicted molar refractivity (Wildman–Crippen MR) is 78.7 cm³/mol. The van der Waals surface area contributed by atoms with Gasteiger partial charge in [-0.25, -0.2) is 4.39 Å². The molecule has 0 saturated carbocycles. The van der Waals surface area contributed by atoms with E-state index in [1.807, 2.05) is 0 Å². The van der Waals surface area contributed by atoms with Crippen molar-refractivity contribution in [1.82, 2.24) is 10.2 Å². The molecule has 0 aliphatic carbocycles. The SMILES string of the molecule is Cc1ccc(F)c(NS(=O)(=O)c2ccc(-c3nnc(C)o3)o2)c1. The molecule has 0 unspecified atom stereocenters. The van der Waals surface area contributed by atoms with Crippen molar-refractivity contribution in [3.8, 4) is 11.7 Å². The molecule has 1 N–H and O–H groups in total. The first-order valence-electron chi connectivity index (χ1n) is 6.54. The van der Waals surface area contributed by atoms with Crippen LogP contribution in [0.15, 0.2) is 44.3 Å². The highest BCUT2D eigenvalue weighted by atomic mass is 32.2. The van der Waals surface area contributed by atoms with Crippen LogP contribution in [0.2, 0.25) is 0 Å². The van der Waals surface area contributed by atoms with Gasteiger partial charge >= 0.3 is 0 Å². The molecule has 0 aliphatic heterocycles. The molecule has 120 valence electrons. The summed E-state index contributed by atoms with van der Waals surface area (Å²) in [5.41, 5.74) is 0.558. The van der Waals surface area contributed by atoms with Crippen LogP contribution in [0, 0.1) is 19.7 Å². The van der Waals surface area contributed by atoms with Crippen molar-refractivity contribution in [2.45, 2.75) is 18.9 Å². The Balaban J connectivity index is 1.91. The number of hydrogen-bond acceptors (Lipinski definition) is 6. The fourth-order valence-electron chi connectivity index (χ4n) is 1.89. The Kier molecular flexibility index (Phi) is 3.64. The highest BCUT2D eigenvalue weighted by Crippen LogP contribution is 2.26. The van der Waals surface area contributed by atoms with Crippen molar-refractivity contribution in [1.29, 1.82) is 0 Å². The average molecular weight is 337 g/mol. The summed E-state index contributed by atoms with van der Waals surface area (Å²) in [6.45, 7) is 3.32. The molecular formula is C14H12FN3O4S. The average Bonchev–Trinajstić information content (AvgIpc) is 3.11. The third kappa shape index (κ3) is 3.09. The standard InChI is InChI=1S/C14H12FN3O4S/c1-8-3-4-10(15)11(7-8)18-23(19,20)13-6-5-12(22-13)14-17-16-9(2)21-14/h3-7,18H,1-2H3. The molecule has 3 aromatic rings. The van der Waals surface area contributed by atoms with Gasteiger partial charge in [-0.15, -0.1) is 10.2 Å². The quantitative estimate of drug-likeness (QED) is 0.786. The third-order valence-electron chi connectivity index (χ3n) is 2.95. The van der Waals surface area contributed by atoms with Crippen LogP contribution < -0.4 is 4.72 Å². The molecule has 0 aliphatic rings. The molecule has 0 bridgehead atoms. The van der Waals surface area contributed by atoms with E-state index < -0.39 is 15.8 Å². The van der Waals surface area contributed by atoms with Crippen molar-refractivity contribution >= 4 is 15.7 Å². The van der Waals surface area contributed by atoms with Gasteiger partial charge in [0, 0.05) is 6.92 Å². The van der Waals surface area contributed by atoms with Gasteiger partial charge in [0.05, 0.1) is 5.69 Å². The van der Waals surface area contributed by atoms with Gasteiger partial charge in [-0.1, -0.05) is 6.07 Å². The summed E-state index contributed by atoms with van der Waals surface area (Å²) < 4.78 is 50.8. The van der Waals surface area contributed by atoms with E-state index in [0.717, 1.165) is 0 Å². The first-order valence-corrected chi connectivity index (χ1v) is 8.03. The molecule has 9 heteroatoms. The van der Waals surface area contributed by atoms with Gasteiger partial charge in [-0.2, -0.15) is 8.42 Å². The van der Waals surface area contributed by atoms with Gasteiger partial charge in [-0.05, 0) is 36.8 Å². The highest BCUT2D eigenvalue weighted by Gasteiger charge is 2.22. The predicted octanol–water partition coefficient (Wildman–Crippen LogP) is 2.89. The molecule has 2 heterocycles. The second-order valence-electron chi connectivity index (χ2n) is 4.83. The number of nitrogens with zero attached hydrogens (tertiary/aromatic N) is 2. The van der Waals surface area contributed by atoms with E-state index in [-0.39, 0.29) is 22.4 Å². The zero-order valence-electron chi connectivity index (χ0n) is 12.2. The van der Waals surface area contributed by atoms with Gasteiger partial charge in [0.2, 0.25) is 11.0 Å². The smallest absolute Gasteiger partial charge is 0.295 e. The minimum Gasteiger partial charge on any atom is -0.438 e. The zero-order chi connectivity index (χ0) is 16.6. The van der Waals surface area contributed by atoms with Crippen LogP contribution in [0.3, 0.4) is 0 Å². The van der Waals surface area contributed by atoms with Gasteiger partial charge in [0.25, 0.3) is 15.9 Å². The molecule has 0 fully saturated rings. The van der Waals surface area contributed by atoms with Gasteiger partial charge < -0.3 is 8.83 Å². The summed E-state index contributed by atoms with van der Waals surface area (Å²) in [6, 6.07) is 6.72. The summed E-state index contributed by atoms with van der Waals surface area (Å²) in [7, 11) is -4.08. The molecule has 0 spiro atoms. The lowest BCUT2D eigenvalue weighted by Crippen LogP contribution is -2.13. The monoisotopic (exact) mass is 337 g/mol. The van der Waals surface area contributed by atoms with Crippen LogP contribution in [0.5, 0.6) is 0 Å². The van der Waals surface area contributed by atoms with Crippen LogP contribution in [0.25, 0.3) is 11.7 Å². The topological polar surface area (TPSA) is 98.2 Å². The molecular weight excluding hydrogens is 325 g/mol. The lowest BCUT2D eigenvalue weighted by molar-refractivity contribution is 0.439. The van der Waals surface area contributed by atoms with E-state index in [9.17, 15) is 12.8 Å². The number of hydrogen-bond donors (Lipinski definition) is 1. The Morgan fingerprint density at radius 2 is 1.87 bits per heavy atom. The molecule has 23 heavy (non-hydrogen) atoms. The number of aromatic nitrogens is 2. The Hall–Kier alpha value is -2.68. The molecule has 2 aromatic heterocycles. The van der Waals surface area contributed by atoms with Crippen LogP contribution in [-0.4, -0.2) is 18.6 Å². The Bertz CT molecular complexity index is 962. The summed E-state index contributed by atoms with van der Waals surface area (Å²) >= 11 is 0. The number of nitrogens with one attached hydrogen (secondary N) is 1. The number of anilines is 1. The van der Waals surface area contributed by atoms with Crippen LogP contribution in [0.4, 0.5) is 10.1 Å². The molecule has 1 aromatic carbocycles. The third-order valence-corrected chi connectivity index (χ3v) is 4.19. The second kappa shape index (κ2) is 5.51. The van der Waals surface area contributed by atoms with Crippen molar-refractivity contribution in [2.75, 3.05) is 4.72 Å². The van der Waals surface area contributed by atoms with Crippen molar-refractivity contribution < 1.29 is 21.6 Å². The van der Waals surface area contributed by atoms with Crippen LogP contribution in [0.1, 0.15) is 11.5 Å². The number of benzene rings is 1. The summed E-state index contributed by atoms with van der Waals surface area (Å²) in [6.07, 6.45) is 0. The lowest BCUT2D eigenvalue weighted by Gasteiger charge is -2.07. The van der Waals surface area contributed by atoms with E-state index in [2.05, 4.69) is 14.9 Å². The van der Waals surface area contributed by atoms with Crippen LogP contribution >= 0.6 is 0 Å². The Morgan fingerprint density at radius 3 is 2.57 bits per heavy atom. The summed E-state index contributed by atoms with van der Waals surface area (Å²) in [5, 5.41) is 6.98. The minimum atomic E-state index is -4.08. The maximum atomic E-state index is 13.7. The normalized spacial score (nSPS) is 11.6. The molecule has 0 atom stereocenters. The van der Waals surface area contributed by atoms with Crippen molar-refractivity contribution in [3.05, 3.63) is 47.6 Å². The number of rotatable bonds is 4. The Morgan fingerprint density at radius 1 is 1.09 bits per heavy atom. The fraction of sp³-hybridized carbons (Fsp3) is 0.143. The molecule has 0 radical (unpaired) electrons. The zero-order valence-corrected chi connectivity index (χ0v) is 13.0. The lowest BCUT2D eigenvalue weighted by atomic mass is 10.2. The van der Waals surface area contributed by atoms with Gasteiger partial charge in [0.15, 0.2) is 5.76 Å². The summed E-state index contributed by atoms with van der Waals surface area (Å²) in [4.78, 5) is 0. The van der Waals surface area contributed by atoms with Crippen molar-refractivity contribution in [3.63, 3.8) is 0 Å². The fourth-order valence-corrected chi connectivity index (χ4v) is 2.88. The number of sulfonamides is 1. The largest absolute Gasteiger partial charge is 0.438 e. The Labute approximate surface area is 131 Å². The maximum Gasteiger partial charge on any atom is 0.295 e.